The first-order chi connectivity index (χ1) is 22.1. The van der Waals surface area contributed by atoms with E-state index in [9.17, 15) is 24.9 Å². The summed E-state index contributed by atoms with van der Waals surface area (Å²) in [5.74, 6) is -0.299. The van der Waals surface area contributed by atoms with Crippen LogP contribution >= 0.6 is 0 Å². The summed E-state index contributed by atoms with van der Waals surface area (Å²) in [7, 11) is 2.09. The molecule has 0 aliphatic heterocycles. The Morgan fingerprint density at radius 2 is 1.57 bits per heavy atom. The van der Waals surface area contributed by atoms with Crippen molar-refractivity contribution in [3.63, 3.8) is 0 Å². The normalized spacial score (nSPS) is 10.8. The maximum atomic E-state index is 10.3. The lowest BCUT2D eigenvalue weighted by molar-refractivity contribution is -0.129. The van der Waals surface area contributed by atoms with Gasteiger partial charge in [-0.2, -0.15) is 0 Å². The SMILES string of the molecule is CCC(=O)C=O.CCN(C)c1ccccc1.Cc1ccc(Nc2ccc(CCNCC(O)c3ccc(O)c(CO)c3)cc2)cc1C. The number of anilines is 3. The largest absolute Gasteiger partial charge is 0.508 e. The highest BCUT2D eigenvalue weighted by Gasteiger charge is 2.10. The second-order valence-electron chi connectivity index (χ2n) is 10.9. The second kappa shape index (κ2) is 20.5. The number of nitrogens with zero attached hydrogens (tertiary/aromatic N) is 1. The summed E-state index contributed by atoms with van der Waals surface area (Å²) < 4.78 is 0. The van der Waals surface area contributed by atoms with Crippen molar-refractivity contribution < 1.29 is 24.9 Å². The lowest BCUT2D eigenvalue weighted by atomic mass is 10.1. The number of benzene rings is 4. The average molecular weight is 628 g/mol. The van der Waals surface area contributed by atoms with Gasteiger partial charge in [0.05, 0.1) is 12.7 Å². The van der Waals surface area contributed by atoms with Crippen LogP contribution in [0.5, 0.6) is 5.75 Å². The Labute approximate surface area is 273 Å². The van der Waals surface area contributed by atoms with Crippen molar-refractivity contribution in [2.45, 2.75) is 53.2 Å². The third-order valence-electron chi connectivity index (χ3n) is 7.49. The standard InChI is InChI=1S/C25H30N2O3.C9H13N.C4H6O2/c1-17-3-7-23(13-18(17)2)27-22-8-4-19(5-9-22)11-12-26-15-25(30)20-6-10-24(29)21(14-20)16-28;1-3-10(2)9-7-5-4-6-8-9;1-2-4(6)3-5/h3-10,13-14,25-30H,11-12,15-16H2,1-2H3;4-8H,3H2,1-2H3;3H,2H2,1H3. The number of Topliss-reactive ketones (excluding diaryl/α,β-unsaturated/α-hetero) is 1. The minimum atomic E-state index is -0.694. The zero-order valence-corrected chi connectivity index (χ0v) is 27.7. The Morgan fingerprint density at radius 1 is 0.891 bits per heavy atom. The Hall–Kier alpha value is -4.50. The van der Waals surface area contributed by atoms with E-state index in [1.54, 1.807) is 19.1 Å². The molecule has 0 aliphatic carbocycles. The second-order valence-corrected chi connectivity index (χ2v) is 10.9. The van der Waals surface area contributed by atoms with Gasteiger partial charge < -0.3 is 30.9 Å². The third-order valence-corrected chi connectivity index (χ3v) is 7.49. The van der Waals surface area contributed by atoms with E-state index in [2.05, 4.69) is 110 Å². The minimum absolute atomic E-state index is 0.0388. The Morgan fingerprint density at radius 3 is 2.13 bits per heavy atom. The summed E-state index contributed by atoms with van der Waals surface area (Å²) in [6.45, 7) is 9.97. The molecule has 0 heterocycles. The van der Waals surface area contributed by atoms with Crippen molar-refractivity contribution in [3.8, 4) is 5.75 Å². The molecule has 0 aromatic heterocycles. The minimum Gasteiger partial charge on any atom is -0.508 e. The van der Waals surface area contributed by atoms with Crippen molar-refractivity contribution >= 4 is 29.1 Å². The van der Waals surface area contributed by atoms with Gasteiger partial charge in [-0.1, -0.05) is 49.4 Å². The number of carbonyl (C=O) groups excluding carboxylic acids is 2. The van der Waals surface area contributed by atoms with E-state index in [4.69, 9.17) is 0 Å². The van der Waals surface area contributed by atoms with Gasteiger partial charge in [0.1, 0.15) is 5.75 Å². The smallest absolute Gasteiger partial charge is 0.194 e. The van der Waals surface area contributed by atoms with E-state index in [0.717, 1.165) is 30.9 Å². The molecule has 1 unspecified atom stereocenters. The van der Waals surface area contributed by atoms with E-state index in [0.29, 0.717) is 30.4 Å². The van der Waals surface area contributed by atoms with Crippen LogP contribution in [0.3, 0.4) is 0 Å². The molecule has 0 radical (unpaired) electrons. The van der Waals surface area contributed by atoms with Crippen LogP contribution in [0.15, 0.2) is 91.0 Å². The molecule has 4 rings (SSSR count). The number of rotatable bonds is 13. The molecular weight excluding hydrogens is 578 g/mol. The number of aryl methyl sites for hydroxylation is 2. The van der Waals surface area contributed by atoms with Crippen molar-refractivity contribution in [2.75, 3.05) is 36.9 Å². The lowest BCUT2D eigenvalue weighted by Gasteiger charge is -2.15. The molecule has 0 fully saturated rings. The quantitative estimate of drug-likeness (QED) is 0.0654. The predicted molar refractivity (Wildman–Crippen MR) is 188 cm³/mol. The molecule has 0 bridgehead atoms. The van der Waals surface area contributed by atoms with Gasteiger partial charge in [-0.25, -0.2) is 0 Å². The molecule has 1 atom stereocenters. The van der Waals surface area contributed by atoms with Crippen molar-refractivity contribution in [1.82, 2.24) is 5.32 Å². The van der Waals surface area contributed by atoms with E-state index in [1.165, 1.54) is 28.4 Å². The van der Waals surface area contributed by atoms with E-state index in [-0.39, 0.29) is 18.1 Å². The van der Waals surface area contributed by atoms with Gasteiger partial charge in [0.2, 0.25) is 0 Å². The predicted octanol–water partition coefficient (Wildman–Crippen LogP) is 6.42. The van der Waals surface area contributed by atoms with Gasteiger partial charge >= 0.3 is 0 Å². The number of nitrogens with one attached hydrogen (secondary N) is 2. The Balaban J connectivity index is 0.000000376. The van der Waals surface area contributed by atoms with Crippen LogP contribution in [0.2, 0.25) is 0 Å². The number of para-hydroxylation sites is 1. The number of aliphatic hydroxyl groups is 2. The molecule has 8 heteroatoms. The number of aldehydes is 1. The highest BCUT2D eigenvalue weighted by atomic mass is 16.3. The topological polar surface area (TPSA) is 122 Å². The molecule has 5 N–H and O–H groups in total. The van der Waals surface area contributed by atoms with Crippen LogP contribution < -0.4 is 15.5 Å². The fourth-order valence-electron chi connectivity index (χ4n) is 4.22. The molecule has 246 valence electrons. The van der Waals surface area contributed by atoms with Crippen LogP contribution in [0, 0.1) is 13.8 Å². The summed E-state index contributed by atoms with van der Waals surface area (Å²) in [6, 6.07) is 29.9. The fraction of sp³-hybridized carbons (Fsp3) is 0.316. The number of hydrogen-bond acceptors (Lipinski definition) is 8. The van der Waals surface area contributed by atoms with Gasteiger partial charge in [-0.3, -0.25) is 9.59 Å². The first kappa shape index (κ1) is 37.7. The average Bonchev–Trinajstić information content (AvgIpc) is 3.09. The van der Waals surface area contributed by atoms with E-state index >= 15 is 0 Å². The highest BCUT2D eigenvalue weighted by molar-refractivity contribution is 6.24. The van der Waals surface area contributed by atoms with Crippen LogP contribution in [-0.2, 0) is 22.6 Å². The Bertz CT molecular complexity index is 1480. The van der Waals surface area contributed by atoms with Crippen LogP contribution in [0.25, 0.3) is 0 Å². The van der Waals surface area contributed by atoms with Gasteiger partial charge in [-0.15, -0.1) is 0 Å². The molecule has 0 aliphatic rings. The molecule has 46 heavy (non-hydrogen) atoms. The third kappa shape index (κ3) is 13.2. The number of phenols is 1. The van der Waals surface area contributed by atoms with E-state index < -0.39 is 6.10 Å². The molecule has 0 spiro atoms. The molecule has 0 saturated carbocycles. The molecular formula is C38H49N3O5. The summed E-state index contributed by atoms with van der Waals surface area (Å²) >= 11 is 0. The number of ketones is 1. The maximum absolute atomic E-state index is 10.3. The summed E-state index contributed by atoms with van der Waals surface area (Å²) in [5, 5.41) is 35.8. The van der Waals surface area contributed by atoms with Crippen molar-refractivity contribution in [2.24, 2.45) is 0 Å². The van der Waals surface area contributed by atoms with Gasteiger partial charge in [-0.05, 0) is 105 Å². The molecule has 4 aromatic rings. The lowest BCUT2D eigenvalue weighted by Crippen LogP contribution is -2.23. The monoisotopic (exact) mass is 627 g/mol. The molecule has 0 saturated heterocycles. The van der Waals surface area contributed by atoms with Gasteiger partial charge in [0.25, 0.3) is 0 Å². The number of aliphatic hydroxyl groups excluding tert-OH is 2. The Kier molecular flexibility index (Phi) is 16.8. The molecule has 8 nitrogen and oxygen atoms in total. The summed E-state index contributed by atoms with van der Waals surface area (Å²) in [6.07, 6.45) is 0.817. The number of hydrogen-bond donors (Lipinski definition) is 5. The van der Waals surface area contributed by atoms with Gasteiger partial charge in [0.15, 0.2) is 12.1 Å². The summed E-state index contributed by atoms with van der Waals surface area (Å²) in [4.78, 5) is 21.4. The fourth-order valence-corrected chi connectivity index (χ4v) is 4.22. The highest BCUT2D eigenvalue weighted by Crippen LogP contribution is 2.23. The maximum Gasteiger partial charge on any atom is 0.194 e. The number of aromatic hydroxyl groups is 1. The zero-order chi connectivity index (χ0) is 33.9. The summed E-state index contributed by atoms with van der Waals surface area (Å²) in [5.41, 5.74) is 8.28. The van der Waals surface area contributed by atoms with Gasteiger partial charge in [0, 0.05) is 49.2 Å². The van der Waals surface area contributed by atoms with E-state index in [1.807, 2.05) is 6.07 Å². The molecule has 4 aromatic carbocycles. The number of carbonyl (C=O) groups is 2. The first-order valence-electron chi connectivity index (χ1n) is 15.6. The van der Waals surface area contributed by atoms with Crippen LogP contribution in [0.1, 0.15) is 54.2 Å². The van der Waals surface area contributed by atoms with Crippen LogP contribution in [-0.4, -0.2) is 54.1 Å². The molecule has 0 amide bonds. The van der Waals surface area contributed by atoms with Crippen molar-refractivity contribution in [3.05, 3.63) is 119 Å². The van der Waals surface area contributed by atoms with Crippen LogP contribution in [0.4, 0.5) is 17.1 Å². The zero-order valence-electron chi connectivity index (χ0n) is 27.7. The van der Waals surface area contributed by atoms with Crippen molar-refractivity contribution in [1.29, 1.82) is 0 Å². The first-order valence-corrected chi connectivity index (χ1v) is 15.6.